The summed E-state index contributed by atoms with van der Waals surface area (Å²) in [6.45, 7) is 21.2. The zero-order valence-electron chi connectivity index (χ0n) is 26.1. The van der Waals surface area contributed by atoms with Crippen molar-refractivity contribution < 1.29 is 48.6 Å². The lowest BCUT2D eigenvalue weighted by Gasteiger charge is -2.28. The molecule has 236 valence electrons. The topological polar surface area (TPSA) is 141 Å². The number of hydrogen-bond acceptors (Lipinski definition) is 10. The third-order valence-electron chi connectivity index (χ3n) is 4.57. The Labute approximate surface area is 245 Å². The van der Waals surface area contributed by atoms with Crippen LogP contribution in [0.15, 0.2) is 0 Å². The van der Waals surface area contributed by atoms with Gasteiger partial charge in [0.2, 0.25) is 0 Å². The van der Waals surface area contributed by atoms with Crippen molar-refractivity contribution in [1.82, 2.24) is 0 Å². The maximum Gasteiger partial charge on any atom is 0.312 e. The first-order valence-electron chi connectivity index (χ1n) is 13.4. The van der Waals surface area contributed by atoms with Crippen LogP contribution in [0.25, 0.3) is 0 Å². The van der Waals surface area contributed by atoms with E-state index in [2.05, 4.69) is 20.7 Å². The first-order valence-corrected chi connectivity index (χ1v) is 14.5. The van der Waals surface area contributed by atoms with Gasteiger partial charge in [-0.05, 0) is 82.1 Å². The SMILES string of the molecule is CC(C)(C)OC(=O)C(C)(C)CCBr.CC(C)(C)OC(=O)C(C)(C)CCOCCOCCO.OCCOCCO. The van der Waals surface area contributed by atoms with Gasteiger partial charge in [0.15, 0.2) is 0 Å². The Morgan fingerprint density at radius 2 is 0.846 bits per heavy atom. The molecule has 0 aliphatic heterocycles. The molecule has 0 aromatic heterocycles. The Balaban J connectivity index is -0.000000558. The summed E-state index contributed by atoms with van der Waals surface area (Å²) < 4.78 is 25.7. The van der Waals surface area contributed by atoms with Gasteiger partial charge in [0, 0.05) is 11.9 Å². The number of ether oxygens (including phenoxy) is 5. The molecule has 0 saturated heterocycles. The Kier molecular flexibility index (Phi) is 25.0. The third-order valence-corrected chi connectivity index (χ3v) is 4.97. The Bertz CT molecular complexity index is 606. The van der Waals surface area contributed by atoms with Crippen LogP contribution in [-0.2, 0) is 33.3 Å². The molecule has 0 aliphatic rings. The number of hydrogen-bond donors (Lipinski definition) is 3. The second-order valence-corrected chi connectivity index (χ2v) is 12.8. The van der Waals surface area contributed by atoms with Crippen LogP contribution in [0.2, 0.25) is 0 Å². The number of aliphatic hydroxyl groups is 3. The summed E-state index contributed by atoms with van der Waals surface area (Å²) in [6.07, 6.45) is 1.39. The predicted molar refractivity (Wildman–Crippen MR) is 156 cm³/mol. The number of halogens is 1. The van der Waals surface area contributed by atoms with Crippen molar-refractivity contribution in [2.75, 3.05) is 64.8 Å². The van der Waals surface area contributed by atoms with Gasteiger partial charge in [-0.15, -0.1) is 0 Å². The lowest BCUT2D eigenvalue weighted by molar-refractivity contribution is -0.167. The van der Waals surface area contributed by atoms with Gasteiger partial charge in [0.25, 0.3) is 0 Å². The van der Waals surface area contributed by atoms with Crippen molar-refractivity contribution in [1.29, 1.82) is 0 Å². The predicted octanol–water partition coefficient (Wildman–Crippen LogP) is 3.90. The largest absolute Gasteiger partial charge is 0.460 e. The number of carbonyl (C=O) groups excluding carboxylic acids is 2. The molecule has 0 amide bonds. The van der Waals surface area contributed by atoms with Crippen LogP contribution in [0.4, 0.5) is 0 Å². The van der Waals surface area contributed by atoms with Gasteiger partial charge in [-0.2, -0.15) is 0 Å². The van der Waals surface area contributed by atoms with Gasteiger partial charge < -0.3 is 39.0 Å². The van der Waals surface area contributed by atoms with Crippen molar-refractivity contribution in [3.8, 4) is 0 Å². The lowest BCUT2D eigenvalue weighted by Crippen LogP contribution is -2.34. The standard InChI is InChI=1S/C14H28O5.C10H19BrO2.C4H10O3/c1-13(2,3)19-12(16)14(4,5)6-8-17-10-11-18-9-7-15;1-9(2,3)13-8(12)10(4,5)6-7-11;5-1-3-7-4-2-6/h15H,6-11H2,1-5H3;6-7H2,1-5H3;5-6H,1-4H2. The summed E-state index contributed by atoms with van der Waals surface area (Å²) in [5.41, 5.74) is -1.80. The highest BCUT2D eigenvalue weighted by Crippen LogP contribution is 2.26. The average molecular weight is 634 g/mol. The summed E-state index contributed by atoms with van der Waals surface area (Å²) >= 11 is 3.33. The quantitative estimate of drug-likeness (QED) is 0.130. The molecule has 0 rings (SSSR count). The van der Waals surface area contributed by atoms with E-state index in [-0.39, 0.29) is 37.4 Å². The second kappa shape index (κ2) is 22.8. The average Bonchev–Trinajstić information content (AvgIpc) is 2.77. The zero-order valence-corrected chi connectivity index (χ0v) is 27.6. The third kappa shape index (κ3) is 30.0. The number of esters is 2. The van der Waals surface area contributed by atoms with Crippen LogP contribution >= 0.6 is 15.9 Å². The van der Waals surface area contributed by atoms with Crippen LogP contribution in [0.3, 0.4) is 0 Å². The molecule has 0 aromatic carbocycles. The minimum Gasteiger partial charge on any atom is -0.460 e. The minimum absolute atomic E-state index is 0.0195. The fourth-order valence-corrected chi connectivity index (χ4v) is 3.21. The maximum absolute atomic E-state index is 12.0. The van der Waals surface area contributed by atoms with Gasteiger partial charge in [-0.1, -0.05) is 15.9 Å². The van der Waals surface area contributed by atoms with Crippen LogP contribution < -0.4 is 0 Å². The van der Waals surface area contributed by atoms with E-state index < -0.39 is 16.4 Å². The molecule has 0 unspecified atom stereocenters. The number of carbonyl (C=O) groups is 2. The summed E-state index contributed by atoms with van der Waals surface area (Å²) in [6, 6.07) is 0. The smallest absolute Gasteiger partial charge is 0.312 e. The van der Waals surface area contributed by atoms with Crippen molar-refractivity contribution in [2.45, 2.75) is 93.3 Å². The molecule has 0 aromatic rings. The van der Waals surface area contributed by atoms with Crippen LogP contribution in [-0.4, -0.2) is 103 Å². The highest BCUT2D eigenvalue weighted by Gasteiger charge is 2.32. The van der Waals surface area contributed by atoms with Crippen LogP contribution in [0.5, 0.6) is 0 Å². The summed E-state index contributed by atoms with van der Waals surface area (Å²) in [7, 11) is 0. The molecule has 0 fully saturated rings. The highest BCUT2D eigenvalue weighted by atomic mass is 79.9. The molecular formula is C28H57BrO10. The van der Waals surface area contributed by atoms with E-state index in [1.807, 2.05) is 69.2 Å². The molecule has 0 atom stereocenters. The van der Waals surface area contributed by atoms with E-state index in [9.17, 15) is 9.59 Å². The van der Waals surface area contributed by atoms with E-state index in [0.717, 1.165) is 11.8 Å². The maximum atomic E-state index is 12.0. The van der Waals surface area contributed by atoms with Crippen LogP contribution in [0.1, 0.15) is 82.1 Å². The monoisotopic (exact) mass is 632 g/mol. The molecule has 10 nitrogen and oxygen atoms in total. The van der Waals surface area contributed by atoms with Gasteiger partial charge in [-0.3, -0.25) is 9.59 Å². The Morgan fingerprint density at radius 3 is 1.15 bits per heavy atom. The molecule has 0 heterocycles. The highest BCUT2D eigenvalue weighted by molar-refractivity contribution is 9.09. The van der Waals surface area contributed by atoms with Gasteiger partial charge in [0.1, 0.15) is 11.2 Å². The Morgan fingerprint density at radius 1 is 0.538 bits per heavy atom. The first kappa shape index (κ1) is 42.6. The minimum atomic E-state index is -0.556. The second-order valence-electron chi connectivity index (χ2n) is 12.0. The van der Waals surface area contributed by atoms with E-state index >= 15 is 0 Å². The molecule has 0 aliphatic carbocycles. The summed E-state index contributed by atoms with van der Waals surface area (Å²) in [5, 5.41) is 25.5. The van der Waals surface area contributed by atoms with E-state index in [1.165, 1.54) is 0 Å². The normalized spacial score (nSPS) is 12.1. The van der Waals surface area contributed by atoms with E-state index in [0.29, 0.717) is 46.1 Å². The van der Waals surface area contributed by atoms with Gasteiger partial charge >= 0.3 is 11.9 Å². The molecular weight excluding hydrogens is 576 g/mol. The van der Waals surface area contributed by atoms with Crippen LogP contribution in [0, 0.1) is 10.8 Å². The van der Waals surface area contributed by atoms with Crippen molar-refractivity contribution in [3.63, 3.8) is 0 Å². The molecule has 0 saturated carbocycles. The van der Waals surface area contributed by atoms with E-state index in [1.54, 1.807) is 0 Å². The molecule has 0 spiro atoms. The van der Waals surface area contributed by atoms with Gasteiger partial charge in [0.05, 0.1) is 63.7 Å². The fourth-order valence-electron chi connectivity index (χ4n) is 2.22. The number of rotatable bonds is 16. The summed E-state index contributed by atoms with van der Waals surface area (Å²) in [4.78, 5) is 23.6. The molecule has 3 N–H and O–H groups in total. The fraction of sp³-hybridized carbons (Fsp3) is 0.929. The number of alkyl halides is 1. The van der Waals surface area contributed by atoms with Crippen molar-refractivity contribution >= 4 is 27.9 Å². The molecule has 0 bridgehead atoms. The molecule has 39 heavy (non-hydrogen) atoms. The van der Waals surface area contributed by atoms with Gasteiger partial charge in [-0.25, -0.2) is 0 Å². The van der Waals surface area contributed by atoms with Crippen molar-refractivity contribution in [2.24, 2.45) is 10.8 Å². The lowest BCUT2D eigenvalue weighted by atomic mass is 9.89. The zero-order chi connectivity index (χ0) is 31.2. The first-order chi connectivity index (χ1) is 17.8. The Hall–Kier alpha value is -0.820. The molecule has 11 heteroatoms. The summed E-state index contributed by atoms with van der Waals surface area (Å²) in [5.74, 6) is -0.334. The number of aliphatic hydroxyl groups excluding tert-OH is 3. The van der Waals surface area contributed by atoms with Crippen molar-refractivity contribution in [3.05, 3.63) is 0 Å². The molecule has 0 radical (unpaired) electrons. The van der Waals surface area contributed by atoms with E-state index in [4.69, 9.17) is 34.3 Å².